The average molecular weight is 331 g/mol. The third-order valence-corrected chi connectivity index (χ3v) is 3.31. The Kier molecular flexibility index (Phi) is 6.08. The van der Waals surface area contributed by atoms with Crippen molar-refractivity contribution < 1.29 is 14.3 Å². The molecule has 0 saturated carbocycles. The summed E-state index contributed by atoms with van der Waals surface area (Å²) in [6, 6.07) is 1.81. The molecule has 0 aromatic carbocycles. The fourth-order valence-corrected chi connectivity index (χ4v) is 2.24. The second-order valence-corrected chi connectivity index (χ2v) is 5.15. The fraction of sp³-hybridized carbons (Fsp3) is 0.538. The summed E-state index contributed by atoms with van der Waals surface area (Å²) in [5.74, 6) is -0.294. The van der Waals surface area contributed by atoms with Gasteiger partial charge >= 0.3 is 5.97 Å². The molecule has 6 heteroatoms. The first-order valence-corrected chi connectivity index (χ1v) is 6.96. The number of methoxy groups -OCH3 is 1. The number of carbonyl (C=O) groups is 2. The molecule has 0 atom stereocenters. The van der Waals surface area contributed by atoms with E-state index in [1.807, 2.05) is 23.8 Å². The number of ether oxygens (including phenoxy) is 1. The standard InChI is InChI=1S/C13H19BrN2O3/c1-4-16-9-10(14)8-11(16)13(18)15(2)7-5-6-12(17)19-3/h8-9H,4-7H2,1-3H3. The summed E-state index contributed by atoms with van der Waals surface area (Å²) < 4.78 is 7.35. The van der Waals surface area contributed by atoms with Gasteiger partial charge in [-0.25, -0.2) is 0 Å². The lowest BCUT2D eigenvalue weighted by molar-refractivity contribution is -0.140. The number of amides is 1. The quantitative estimate of drug-likeness (QED) is 0.752. The maximum Gasteiger partial charge on any atom is 0.305 e. The van der Waals surface area contributed by atoms with Crippen LogP contribution >= 0.6 is 15.9 Å². The molecule has 0 spiro atoms. The zero-order chi connectivity index (χ0) is 14.4. The van der Waals surface area contributed by atoms with Crippen LogP contribution in [0.4, 0.5) is 0 Å². The molecule has 0 aliphatic heterocycles. The van der Waals surface area contributed by atoms with Gasteiger partial charge in [0.1, 0.15) is 5.69 Å². The molecule has 106 valence electrons. The van der Waals surface area contributed by atoms with E-state index in [1.54, 1.807) is 11.9 Å². The molecular formula is C13H19BrN2O3. The van der Waals surface area contributed by atoms with E-state index in [0.29, 0.717) is 25.1 Å². The highest BCUT2D eigenvalue weighted by atomic mass is 79.9. The molecule has 1 aromatic heterocycles. The van der Waals surface area contributed by atoms with Gasteiger partial charge in [0.15, 0.2) is 0 Å². The van der Waals surface area contributed by atoms with Gasteiger partial charge in [-0.05, 0) is 35.3 Å². The molecule has 19 heavy (non-hydrogen) atoms. The molecule has 1 heterocycles. The van der Waals surface area contributed by atoms with E-state index >= 15 is 0 Å². The summed E-state index contributed by atoms with van der Waals surface area (Å²) in [6.45, 7) is 3.25. The van der Waals surface area contributed by atoms with Gasteiger partial charge < -0.3 is 14.2 Å². The molecule has 0 aliphatic rings. The lowest BCUT2D eigenvalue weighted by Crippen LogP contribution is -2.29. The highest BCUT2D eigenvalue weighted by molar-refractivity contribution is 9.10. The van der Waals surface area contributed by atoms with Crippen LogP contribution in [0.25, 0.3) is 0 Å². The Hall–Kier alpha value is -1.30. The predicted molar refractivity (Wildman–Crippen MR) is 76.0 cm³/mol. The molecule has 0 radical (unpaired) electrons. The first-order valence-electron chi connectivity index (χ1n) is 6.17. The minimum absolute atomic E-state index is 0.0441. The second kappa shape index (κ2) is 7.33. The van der Waals surface area contributed by atoms with Crippen molar-refractivity contribution in [1.82, 2.24) is 9.47 Å². The fourth-order valence-electron chi connectivity index (χ4n) is 1.78. The summed E-state index contributed by atoms with van der Waals surface area (Å²) >= 11 is 3.37. The van der Waals surface area contributed by atoms with Crippen molar-refractivity contribution in [2.45, 2.75) is 26.3 Å². The van der Waals surface area contributed by atoms with Gasteiger partial charge in [-0.2, -0.15) is 0 Å². The van der Waals surface area contributed by atoms with Gasteiger partial charge in [0.05, 0.1) is 7.11 Å². The highest BCUT2D eigenvalue weighted by Gasteiger charge is 2.16. The number of esters is 1. The van der Waals surface area contributed by atoms with Crippen molar-refractivity contribution in [2.75, 3.05) is 20.7 Å². The normalized spacial score (nSPS) is 10.3. The predicted octanol–water partition coefficient (Wildman–Crippen LogP) is 2.30. The monoisotopic (exact) mass is 330 g/mol. The van der Waals surface area contributed by atoms with Crippen molar-refractivity contribution in [1.29, 1.82) is 0 Å². The molecule has 1 rings (SSSR count). The van der Waals surface area contributed by atoms with Crippen molar-refractivity contribution in [3.05, 3.63) is 22.4 Å². The first kappa shape index (κ1) is 15.8. The molecule has 0 saturated heterocycles. The zero-order valence-electron chi connectivity index (χ0n) is 11.5. The maximum atomic E-state index is 12.3. The largest absolute Gasteiger partial charge is 0.469 e. The van der Waals surface area contributed by atoms with E-state index in [4.69, 9.17) is 0 Å². The lowest BCUT2D eigenvalue weighted by Gasteiger charge is -2.17. The van der Waals surface area contributed by atoms with Crippen LogP contribution in [-0.4, -0.2) is 42.0 Å². The Balaban J connectivity index is 2.58. The number of hydrogen-bond donors (Lipinski definition) is 0. The van der Waals surface area contributed by atoms with E-state index in [2.05, 4.69) is 20.7 Å². The topological polar surface area (TPSA) is 51.5 Å². The van der Waals surface area contributed by atoms with E-state index in [0.717, 1.165) is 11.0 Å². The minimum Gasteiger partial charge on any atom is -0.469 e. The van der Waals surface area contributed by atoms with Crippen LogP contribution in [-0.2, 0) is 16.1 Å². The lowest BCUT2D eigenvalue weighted by atomic mass is 10.3. The molecule has 0 unspecified atom stereocenters. The SMILES string of the molecule is CCn1cc(Br)cc1C(=O)N(C)CCCC(=O)OC. The molecule has 0 aliphatic carbocycles. The van der Waals surface area contributed by atoms with E-state index in [9.17, 15) is 9.59 Å². The maximum absolute atomic E-state index is 12.3. The average Bonchev–Trinajstić information content (AvgIpc) is 2.78. The van der Waals surface area contributed by atoms with Gasteiger partial charge in [0.2, 0.25) is 0 Å². The van der Waals surface area contributed by atoms with Gasteiger partial charge in [-0.1, -0.05) is 0 Å². The van der Waals surface area contributed by atoms with Gasteiger partial charge in [0.25, 0.3) is 5.91 Å². The van der Waals surface area contributed by atoms with Crippen LogP contribution < -0.4 is 0 Å². The van der Waals surface area contributed by atoms with Crippen LogP contribution in [0.2, 0.25) is 0 Å². The number of nitrogens with zero attached hydrogens (tertiary/aromatic N) is 2. The van der Waals surface area contributed by atoms with Gasteiger partial charge in [0, 0.05) is 37.2 Å². The molecule has 0 N–H and O–H groups in total. The minimum atomic E-state index is -0.250. The zero-order valence-corrected chi connectivity index (χ0v) is 13.1. The summed E-state index contributed by atoms with van der Waals surface area (Å²) in [5, 5.41) is 0. The molecule has 1 amide bonds. The van der Waals surface area contributed by atoms with E-state index < -0.39 is 0 Å². The molecule has 1 aromatic rings. The first-order chi connectivity index (χ1) is 8.99. The number of rotatable bonds is 6. The number of halogens is 1. The summed E-state index contributed by atoms with van der Waals surface area (Å²) in [7, 11) is 3.10. The summed E-state index contributed by atoms with van der Waals surface area (Å²) in [6.07, 6.45) is 2.81. The van der Waals surface area contributed by atoms with Gasteiger partial charge in [-0.3, -0.25) is 9.59 Å². The third kappa shape index (κ3) is 4.38. The van der Waals surface area contributed by atoms with Gasteiger partial charge in [-0.15, -0.1) is 0 Å². The van der Waals surface area contributed by atoms with E-state index in [1.165, 1.54) is 7.11 Å². The number of hydrogen-bond acceptors (Lipinski definition) is 3. The Labute approximate surface area is 121 Å². The molecular weight excluding hydrogens is 312 g/mol. The van der Waals surface area contributed by atoms with Crippen molar-refractivity contribution in [3.63, 3.8) is 0 Å². The second-order valence-electron chi connectivity index (χ2n) is 4.24. The van der Waals surface area contributed by atoms with Crippen LogP contribution in [0.15, 0.2) is 16.7 Å². The Morgan fingerprint density at radius 1 is 1.47 bits per heavy atom. The molecule has 0 bridgehead atoms. The Morgan fingerprint density at radius 3 is 2.74 bits per heavy atom. The van der Waals surface area contributed by atoms with Crippen molar-refractivity contribution in [3.8, 4) is 0 Å². The molecule has 0 fully saturated rings. The van der Waals surface area contributed by atoms with Crippen LogP contribution in [0.1, 0.15) is 30.3 Å². The number of carbonyl (C=O) groups excluding carboxylic acids is 2. The van der Waals surface area contributed by atoms with Crippen LogP contribution in [0, 0.1) is 0 Å². The summed E-state index contributed by atoms with van der Waals surface area (Å²) in [5.41, 5.74) is 0.648. The van der Waals surface area contributed by atoms with Crippen LogP contribution in [0.5, 0.6) is 0 Å². The van der Waals surface area contributed by atoms with Crippen molar-refractivity contribution >= 4 is 27.8 Å². The summed E-state index contributed by atoms with van der Waals surface area (Å²) in [4.78, 5) is 24.9. The Bertz CT molecular complexity index is 457. The third-order valence-electron chi connectivity index (χ3n) is 2.87. The number of aryl methyl sites for hydroxylation is 1. The molecule has 5 nitrogen and oxygen atoms in total. The van der Waals surface area contributed by atoms with Crippen LogP contribution in [0.3, 0.4) is 0 Å². The highest BCUT2D eigenvalue weighted by Crippen LogP contribution is 2.16. The number of aromatic nitrogens is 1. The smallest absolute Gasteiger partial charge is 0.305 e. The van der Waals surface area contributed by atoms with Crippen molar-refractivity contribution in [2.24, 2.45) is 0 Å². The Morgan fingerprint density at radius 2 is 2.16 bits per heavy atom. The van der Waals surface area contributed by atoms with E-state index in [-0.39, 0.29) is 11.9 Å².